The molecule has 0 spiro atoms. The maximum atomic E-state index is 14.1. The van der Waals surface area contributed by atoms with Crippen molar-refractivity contribution >= 4 is 21.6 Å². The molecular weight excluding hydrogens is 597 g/mol. The fraction of sp³-hybridized carbons (Fsp3) is 0.444. The second-order valence-electron chi connectivity index (χ2n) is 10.3. The highest BCUT2D eigenvalue weighted by Gasteiger charge is 2.71. The van der Waals surface area contributed by atoms with E-state index in [4.69, 9.17) is 6.42 Å². The summed E-state index contributed by atoms with van der Waals surface area (Å²) in [6.45, 7) is 1.74. The van der Waals surface area contributed by atoms with Gasteiger partial charge in [0, 0.05) is 17.5 Å². The number of halogens is 7. The van der Waals surface area contributed by atoms with Crippen LogP contribution in [0.2, 0.25) is 0 Å². The lowest BCUT2D eigenvalue weighted by atomic mass is 9.87. The molecule has 1 aliphatic rings. The lowest BCUT2D eigenvalue weighted by molar-refractivity contribution is -0.376. The number of aryl methyl sites for hydroxylation is 1. The first-order valence-corrected chi connectivity index (χ1v) is 13.8. The molecule has 230 valence electrons. The number of anilines is 1. The number of terminal acetylenes is 1. The van der Waals surface area contributed by atoms with Crippen LogP contribution in [0.15, 0.2) is 47.4 Å². The number of alkyl halides is 7. The molecule has 1 amide bonds. The Hall–Kier alpha value is -3.35. The van der Waals surface area contributed by atoms with E-state index < -0.39 is 70.2 Å². The molecule has 42 heavy (non-hydrogen) atoms. The number of aliphatic hydroxyl groups is 2. The standard InChI is InChI=1S/C27H27F7N2O5S/c1-4-16-5-10-20(11-6-16)42(40,41)36-19(14-23(37)35-15-22(28)24(2,3)38)9-7-17-13-18(8-12-21(17)36)25(39,26(29,30)31)27(32,33)34/h1,5-6,8,10-13,19,22,38-39H,7,9,14-15H2,2-3H3,(H,35,37)/t19?,22-/m1/s1. The van der Waals surface area contributed by atoms with Gasteiger partial charge in [-0.15, -0.1) is 6.42 Å². The van der Waals surface area contributed by atoms with Gasteiger partial charge in [0.15, 0.2) is 0 Å². The molecule has 2 aromatic carbocycles. The van der Waals surface area contributed by atoms with Gasteiger partial charge in [-0.25, -0.2) is 12.8 Å². The number of nitrogens with one attached hydrogen (secondary N) is 1. The van der Waals surface area contributed by atoms with E-state index in [9.17, 15) is 54.2 Å². The van der Waals surface area contributed by atoms with Crippen molar-refractivity contribution in [3.05, 3.63) is 59.2 Å². The Bertz CT molecular complexity index is 1450. The summed E-state index contributed by atoms with van der Waals surface area (Å²) in [5.41, 5.74) is -8.83. The Kier molecular flexibility index (Phi) is 8.99. The van der Waals surface area contributed by atoms with Crippen molar-refractivity contribution in [1.82, 2.24) is 5.32 Å². The molecule has 0 aliphatic carbocycles. The van der Waals surface area contributed by atoms with E-state index in [0.717, 1.165) is 12.1 Å². The summed E-state index contributed by atoms with van der Waals surface area (Å²) in [4.78, 5) is 12.3. The van der Waals surface area contributed by atoms with Crippen molar-refractivity contribution < 1.29 is 54.2 Å². The SMILES string of the molecule is C#Cc1ccc(S(=O)(=O)N2c3ccc(C(O)(C(F)(F)F)C(F)(F)F)cc3CCC2CC(=O)NC[C@@H](F)C(C)(C)O)cc1. The maximum absolute atomic E-state index is 14.1. The van der Waals surface area contributed by atoms with Crippen LogP contribution in [0.25, 0.3) is 0 Å². The largest absolute Gasteiger partial charge is 0.430 e. The quantitative estimate of drug-likeness (QED) is 0.303. The molecule has 2 atom stereocenters. The summed E-state index contributed by atoms with van der Waals surface area (Å²) in [6, 6.07) is 5.17. The van der Waals surface area contributed by atoms with E-state index in [0.29, 0.717) is 28.1 Å². The minimum atomic E-state index is -6.16. The van der Waals surface area contributed by atoms with Crippen LogP contribution in [-0.4, -0.2) is 61.2 Å². The normalized spacial score (nSPS) is 17.3. The molecule has 1 unspecified atom stereocenters. The summed E-state index contributed by atoms with van der Waals surface area (Å²) >= 11 is 0. The molecule has 1 heterocycles. The first-order valence-electron chi connectivity index (χ1n) is 12.4. The van der Waals surface area contributed by atoms with E-state index in [1.165, 1.54) is 26.0 Å². The molecule has 0 bridgehead atoms. The average molecular weight is 625 g/mol. The van der Waals surface area contributed by atoms with E-state index in [-0.39, 0.29) is 29.0 Å². The predicted octanol–water partition coefficient (Wildman–Crippen LogP) is 4.11. The van der Waals surface area contributed by atoms with Gasteiger partial charge in [0.05, 0.1) is 28.8 Å². The van der Waals surface area contributed by atoms with Gasteiger partial charge in [0.25, 0.3) is 15.6 Å². The molecule has 0 fully saturated rings. The number of fused-ring (bicyclic) bond motifs is 1. The molecule has 0 radical (unpaired) electrons. The van der Waals surface area contributed by atoms with Gasteiger partial charge in [0.1, 0.15) is 6.17 Å². The van der Waals surface area contributed by atoms with Crippen molar-refractivity contribution in [2.24, 2.45) is 0 Å². The Morgan fingerprint density at radius 2 is 1.64 bits per heavy atom. The van der Waals surface area contributed by atoms with Gasteiger partial charge >= 0.3 is 12.4 Å². The number of rotatable bonds is 8. The van der Waals surface area contributed by atoms with Crippen LogP contribution in [0.1, 0.15) is 43.4 Å². The molecule has 0 aromatic heterocycles. The van der Waals surface area contributed by atoms with E-state index in [2.05, 4.69) is 11.2 Å². The average Bonchev–Trinajstić information content (AvgIpc) is 2.88. The molecule has 0 saturated carbocycles. The van der Waals surface area contributed by atoms with Crippen molar-refractivity contribution in [3.63, 3.8) is 0 Å². The van der Waals surface area contributed by atoms with Crippen molar-refractivity contribution in [1.29, 1.82) is 0 Å². The van der Waals surface area contributed by atoms with Gasteiger partial charge in [-0.2, -0.15) is 26.3 Å². The van der Waals surface area contributed by atoms with Crippen LogP contribution >= 0.6 is 0 Å². The number of hydrogen-bond acceptors (Lipinski definition) is 5. The molecule has 3 rings (SSSR count). The fourth-order valence-corrected chi connectivity index (χ4v) is 6.15. The second-order valence-corrected chi connectivity index (χ2v) is 12.2. The molecule has 0 saturated heterocycles. The van der Waals surface area contributed by atoms with Crippen LogP contribution in [0, 0.1) is 12.3 Å². The fourth-order valence-electron chi connectivity index (χ4n) is 4.44. The second kappa shape index (κ2) is 11.4. The highest BCUT2D eigenvalue weighted by molar-refractivity contribution is 7.92. The third-order valence-electron chi connectivity index (χ3n) is 6.88. The smallest absolute Gasteiger partial charge is 0.387 e. The van der Waals surface area contributed by atoms with Crippen molar-refractivity contribution in [2.45, 2.75) is 73.8 Å². The summed E-state index contributed by atoms with van der Waals surface area (Å²) < 4.78 is 123. The first kappa shape index (κ1) is 33.2. The Balaban J connectivity index is 2.09. The third kappa shape index (κ3) is 6.35. The van der Waals surface area contributed by atoms with Crippen molar-refractivity contribution in [3.8, 4) is 12.3 Å². The molecule has 1 aliphatic heterocycles. The number of sulfonamides is 1. The van der Waals surface area contributed by atoms with Crippen LogP contribution in [0.5, 0.6) is 0 Å². The van der Waals surface area contributed by atoms with Gasteiger partial charge < -0.3 is 15.5 Å². The van der Waals surface area contributed by atoms with Crippen LogP contribution in [0.3, 0.4) is 0 Å². The minimum Gasteiger partial charge on any atom is -0.387 e. The molecule has 3 N–H and O–H groups in total. The number of benzene rings is 2. The van der Waals surface area contributed by atoms with E-state index in [1.54, 1.807) is 0 Å². The topological polar surface area (TPSA) is 107 Å². The maximum Gasteiger partial charge on any atom is 0.430 e. The number of carbonyl (C=O) groups is 1. The van der Waals surface area contributed by atoms with Gasteiger partial charge in [0.2, 0.25) is 5.91 Å². The van der Waals surface area contributed by atoms with Crippen molar-refractivity contribution in [2.75, 3.05) is 10.8 Å². The summed E-state index contributed by atoms with van der Waals surface area (Å²) in [5, 5.41) is 21.8. The van der Waals surface area contributed by atoms with E-state index in [1.807, 2.05) is 0 Å². The van der Waals surface area contributed by atoms with Crippen LogP contribution in [0.4, 0.5) is 36.4 Å². The molecule has 15 heteroatoms. The zero-order valence-electron chi connectivity index (χ0n) is 22.2. The Morgan fingerprint density at radius 1 is 1.07 bits per heavy atom. The van der Waals surface area contributed by atoms with Gasteiger partial charge in [-0.05, 0) is 62.6 Å². The summed E-state index contributed by atoms with van der Waals surface area (Å²) in [6.07, 6.45) is -9.93. The lowest BCUT2D eigenvalue weighted by Gasteiger charge is -2.39. The monoisotopic (exact) mass is 624 g/mol. The number of amides is 1. The first-order chi connectivity index (χ1) is 19.1. The molecule has 7 nitrogen and oxygen atoms in total. The van der Waals surface area contributed by atoms with E-state index >= 15 is 0 Å². The number of nitrogens with zero attached hydrogens (tertiary/aromatic N) is 1. The number of hydrogen-bond donors (Lipinski definition) is 3. The van der Waals surface area contributed by atoms with Gasteiger partial charge in [-0.3, -0.25) is 9.10 Å². The Labute approximate surface area is 237 Å². The Morgan fingerprint density at radius 3 is 2.14 bits per heavy atom. The molecule has 2 aromatic rings. The highest BCUT2D eigenvalue weighted by atomic mass is 32.2. The predicted molar refractivity (Wildman–Crippen MR) is 137 cm³/mol. The summed E-state index contributed by atoms with van der Waals surface area (Å²) in [7, 11) is -4.59. The summed E-state index contributed by atoms with van der Waals surface area (Å²) in [5.74, 6) is 1.48. The minimum absolute atomic E-state index is 0.230. The van der Waals surface area contributed by atoms with Gasteiger partial charge in [-0.1, -0.05) is 18.1 Å². The third-order valence-corrected chi connectivity index (χ3v) is 8.76. The van der Waals surface area contributed by atoms with Crippen LogP contribution in [-0.2, 0) is 26.8 Å². The highest BCUT2D eigenvalue weighted by Crippen LogP contribution is 2.51. The number of carbonyl (C=O) groups excluding carboxylic acids is 1. The van der Waals surface area contributed by atoms with Crippen LogP contribution < -0.4 is 9.62 Å². The zero-order chi connectivity index (χ0) is 31.9. The lowest BCUT2D eigenvalue weighted by Crippen LogP contribution is -2.54. The molecular formula is C27H27F7N2O5S. The zero-order valence-corrected chi connectivity index (χ0v) is 23.0.